The van der Waals surface area contributed by atoms with E-state index >= 15 is 0 Å². The third-order valence-corrected chi connectivity index (χ3v) is 3.08. The SMILES string of the molecule is Cc1csc(CNCCCC(C)Cl)n1. The number of nitrogens with zero attached hydrogens (tertiary/aromatic N) is 1. The number of hydrogen-bond donors (Lipinski definition) is 1. The van der Waals surface area contributed by atoms with Crippen LogP contribution in [0.15, 0.2) is 5.38 Å². The van der Waals surface area contributed by atoms with Crippen LogP contribution in [0.5, 0.6) is 0 Å². The molecule has 0 spiro atoms. The van der Waals surface area contributed by atoms with Crippen molar-refractivity contribution < 1.29 is 0 Å². The third kappa shape index (κ3) is 4.94. The predicted octanol–water partition coefficient (Wildman–Crippen LogP) is 2.95. The maximum atomic E-state index is 5.84. The highest BCUT2D eigenvalue weighted by molar-refractivity contribution is 7.09. The molecule has 0 bridgehead atoms. The lowest BCUT2D eigenvalue weighted by Gasteiger charge is -2.03. The lowest BCUT2D eigenvalue weighted by atomic mass is 10.2. The van der Waals surface area contributed by atoms with Gasteiger partial charge in [-0.1, -0.05) is 0 Å². The van der Waals surface area contributed by atoms with Gasteiger partial charge in [-0.05, 0) is 33.2 Å². The van der Waals surface area contributed by atoms with Gasteiger partial charge >= 0.3 is 0 Å². The van der Waals surface area contributed by atoms with Gasteiger partial charge in [-0.25, -0.2) is 4.98 Å². The number of aryl methyl sites for hydroxylation is 1. The molecule has 0 aliphatic carbocycles. The van der Waals surface area contributed by atoms with Crippen LogP contribution in [0.25, 0.3) is 0 Å². The fourth-order valence-electron chi connectivity index (χ4n) is 1.19. The highest BCUT2D eigenvalue weighted by Gasteiger charge is 1.98. The number of halogens is 1. The lowest BCUT2D eigenvalue weighted by Crippen LogP contribution is -2.15. The molecule has 0 aromatic carbocycles. The topological polar surface area (TPSA) is 24.9 Å². The Morgan fingerprint density at radius 2 is 2.43 bits per heavy atom. The maximum absolute atomic E-state index is 5.84. The Morgan fingerprint density at radius 1 is 1.64 bits per heavy atom. The molecule has 1 aromatic rings. The predicted molar refractivity (Wildman–Crippen MR) is 63.1 cm³/mol. The van der Waals surface area contributed by atoms with E-state index in [2.05, 4.69) is 15.7 Å². The van der Waals surface area contributed by atoms with Crippen molar-refractivity contribution in [3.8, 4) is 0 Å². The average Bonchev–Trinajstić information content (AvgIpc) is 2.50. The first-order valence-electron chi connectivity index (χ1n) is 4.94. The first-order valence-corrected chi connectivity index (χ1v) is 6.26. The van der Waals surface area contributed by atoms with Gasteiger partial charge in [0.25, 0.3) is 0 Å². The van der Waals surface area contributed by atoms with E-state index in [9.17, 15) is 0 Å². The normalized spacial score (nSPS) is 13.1. The molecule has 0 amide bonds. The maximum Gasteiger partial charge on any atom is 0.107 e. The van der Waals surface area contributed by atoms with Gasteiger partial charge in [-0.15, -0.1) is 22.9 Å². The first-order chi connectivity index (χ1) is 6.68. The number of rotatable bonds is 6. The van der Waals surface area contributed by atoms with E-state index in [1.807, 2.05) is 13.8 Å². The molecule has 1 rings (SSSR count). The molecule has 1 atom stereocenters. The van der Waals surface area contributed by atoms with Gasteiger partial charge in [0.1, 0.15) is 5.01 Å². The Morgan fingerprint density at radius 3 is 3.00 bits per heavy atom. The van der Waals surface area contributed by atoms with Crippen molar-refractivity contribution in [3.05, 3.63) is 16.1 Å². The average molecular weight is 233 g/mol. The number of nitrogens with one attached hydrogen (secondary N) is 1. The molecule has 1 unspecified atom stereocenters. The van der Waals surface area contributed by atoms with Crippen LogP contribution in [-0.2, 0) is 6.54 Å². The molecule has 0 saturated carbocycles. The molecule has 1 heterocycles. The van der Waals surface area contributed by atoms with E-state index in [-0.39, 0.29) is 0 Å². The third-order valence-electron chi connectivity index (χ3n) is 1.90. The minimum Gasteiger partial charge on any atom is -0.310 e. The molecular formula is C10H17ClN2S. The van der Waals surface area contributed by atoms with Crippen LogP contribution < -0.4 is 5.32 Å². The van der Waals surface area contributed by atoms with Crippen LogP contribution in [0.3, 0.4) is 0 Å². The monoisotopic (exact) mass is 232 g/mol. The first kappa shape index (κ1) is 12.0. The van der Waals surface area contributed by atoms with Gasteiger partial charge < -0.3 is 5.32 Å². The second-order valence-electron chi connectivity index (χ2n) is 3.48. The molecule has 0 saturated heterocycles. The highest BCUT2D eigenvalue weighted by atomic mass is 35.5. The summed E-state index contributed by atoms with van der Waals surface area (Å²) in [5.41, 5.74) is 1.11. The van der Waals surface area contributed by atoms with Gasteiger partial charge in [0, 0.05) is 23.0 Å². The molecular weight excluding hydrogens is 216 g/mol. The van der Waals surface area contributed by atoms with E-state index in [1.54, 1.807) is 11.3 Å². The Labute approximate surface area is 94.7 Å². The summed E-state index contributed by atoms with van der Waals surface area (Å²) >= 11 is 7.55. The summed E-state index contributed by atoms with van der Waals surface area (Å²) in [6.45, 7) is 5.96. The smallest absolute Gasteiger partial charge is 0.107 e. The van der Waals surface area contributed by atoms with Gasteiger partial charge in [0.15, 0.2) is 0 Å². The van der Waals surface area contributed by atoms with Crippen molar-refractivity contribution in [2.24, 2.45) is 0 Å². The van der Waals surface area contributed by atoms with Crippen molar-refractivity contribution in [2.45, 2.75) is 38.6 Å². The largest absolute Gasteiger partial charge is 0.310 e. The highest BCUT2D eigenvalue weighted by Crippen LogP contribution is 2.08. The molecule has 0 fully saturated rings. The number of aromatic nitrogens is 1. The molecule has 0 radical (unpaired) electrons. The molecule has 1 aromatic heterocycles. The van der Waals surface area contributed by atoms with Crippen LogP contribution in [0.4, 0.5) is 0 Å². The molecule has 80 valence electrons. The zero-order valence-electron chi connectivity index (χ0n) is 8.72. The number of thiazole rings is 1. The number of hydrogen-bond acceptors (Lipinski definition) is 3. The van der Waals surface area contributed by atoms with Crippen molar-refractivity contribution in [3.63, 3.8) is 0 Å². The van der Waals surface area contributed by atoms with Gasteiger partial charge in [0.2, 0.25) is 0 Å². The Hall–Kier alpha value is -0.120. The van der Waals surface area contributed by atoms with E-state index in [1.165, 1.54) is 5.01 Å². The summed E-state index contributed by atoms with van der Waals surface area (Å²) in [5, 5.41) is 6.90. The van der Waals surface area contributed by atoms with E-state index in [0.29, 0.717) is 5.38 Å². The second kappa shape index (κ2) is 6.38. The van der Waals surface area contributed by atoms with Gasteiger partial charge in [-0.2, -0.15) is 0 Å². The molecule has 0 aliphatic heterocycles. The van der Waals surface area contributed by atoms with Crippen molar-refractivity contribution in [1.29, 1.82) is 0 Å². The van der Waals surface area contributed by atoms with E-state index < -0.39 is 0 Å². The minimum atomic E-state index is 0.291. The summed E-state index contributed by atoms with van der Waals surface area (Å²) in [4.78, 5) is 4.37. The second-order valence-corrected chi connectivity index (χ2v) is 5.17. The Kier molecular flexibility index (Phi) is 5.45. The zero-order chi connectivity index (χ0) is 10.4. The standard InChI is InChI=1S/C10H17ClN2S/c1-8(11)4-3-5-12-6-10-13-9(2)7-14-10/h7-8,12H,3-6H2,1-2H3. The van der Waals surface area contributed by atoms with Gasteiger partial charge in [-0.3, -0.25) is 0 Å². The molecule has 1 N–H and O–H groups in total. The Balaban J connectivity index is 2.04. The Bertz CT molecular complexity index is 260. The van der Waals surface area contributed by atoms with Crippen molar-refractivity contribution >= 4 is 22.9 Å². The molecule has 4 heteroatoms. The molecule has 2 nitrogen and oxygen atoms in total. The summed E-state index contributed by atoms with van der Waals surface area (Å²) in [7, 11) is 0. The van der Waals surface area contributed by atoms with Gasteiger partial charge in [0.05, 0.1) is 0 Å². The van der Waals surface area contributed by atoms with E-state index in [0.717, 1.165) is 31.6 Å². The summed E-state index contributed by atoms with van der Waals surface area (Å²) in [5.74, 6) is 0. The number of alkyl halides is 1. The summed E-state index contributed by atoms with van der Waals surface area (Å²) in [6, 6.07) is 0. The zero-order valence-corrected chi connectivity index (χ0v) is 10.3. The molecule has 14 heavy (non-hydrogen) atoms. The van der Waals surface area contributed by atoms with E-state index in [4.69, 9.17) is 11.6 Å². The van der Waals surface area contributed by atoms with Crippen molar-refractivity contribution in [2.75, 3.05) is 6.54 Å². The minimum absolute atomic E-state index is 0.291. The fraction of sp³-hybridized carbons (Fsp3) is 0.700. The van der Waals surface area contributed by atoms with Crippen LogP contribution in [0, 0.1) is 6.92 Å². The fourth-order valence-corrected chi connectivity index (χ4v) is 2.08. The van der Waals surface area contributed by atoms with Crippen LogP contribution in [0.1, 0.15) is 30.5 Å². The quantitative estimate of drug-likeness (QED) is 0.603. The summed E-state index contributed by atoms with van der Waals surface area (Å²) < 4.78 is 0. The van der Waals surface area contributed by atoms with Crippen LogP contribution >= 0.6 is 22.9 Å². The summed E-state index contributed by atoms with van der Waals surface area (Å²) in [6.07, 6.45) is 2.21. The lowest BCUT2D eigenvalue weighted by molar-refractivity contribution is 0.617. The van der Waals surface area contributed by atoms with Crippen LogP contribution in [-0.4, -0.2) is 16.9 Å². The van der Waals surface area contributed by atoms with Crippen LogP contribution in [0.2, 0.25) is 0 Å². The molecule has 0 aliphatic rings. The van der Waals surface area contributed by atoms with Crippen molar-refractivity contribution in [1.82, 2.24) is 10.3 Å².